The molecule has 4 nitrogen and oxygen atoms in total. The van der Waals surface area contributed by atoms with Crippen molar-refractivity contribution in [3.63, 3.8) is 0 Å². The number of carbonyl (C=O) groups is 1. The summed E-state index contributed by atoms with van der Waals surface area (Å²) in [5.74, 6) is 0.124. The van der Waals surface area contributed by atoms with Gasteiger partial charge in [0.05, 0.1) is 11.8 Å². The third-order valence-corrected chi connectivity index (χ3v) is 4.19. The van der Waals surface area contributed by atoms with Crippen LogP contribution in [0, 0.1) is 0 Å². The Labute approximate surface area is 167 Å². The third kappa shape index (κ3) is 5.58. The molecule has 136 valence electrons. The lowest BCUT2D eigenvalue weighted by Gasteiger charge is -2.10. The predicted molar refractivity (Wildman–Crippen MR) is 109 cm³/mol. The van der Waals surface area contributed by atoms with Crippen molar-refractivity contribution in [1.29, 1.82) is 0 Å². The van der Waals surface area contributed by atoms with E-state index in [1.165, 1.54) is 0 Å². The molecule has 0 aliphatic heterocycles. The maximum Gasteiger partial charge on any atom is 0.275 e. The molecule has 1 N–H and O–H groups in total. The molecule has 0 saturated heterocycles. The van der Waals surface area contributed by atoms with Gasteiger partial charge in [0.2, 0.25) is 0 Å². The van der Waals surface area contributed by atoms with E-state index < -0.39 is 0 Å². The first-order valence-electron chi connectivity index (χ1n) is 8.17. The first-order chi connectivity index (χ1) is 13.1. The Balaban J connectivity index is 1.64. The summed E-state index contributed by atoms with van der Waals surface area (Å²) in [6.07, 6.45) is 1.55. The molecule has 0 aliphatic carbocycles. The summed E-state index contributed by atoms with van der Waals surface area (Å²) >= 11 is 11.7. The van der Waals surface area contributed by atoms with Gasteiger partial charge in [-0.05, 0) is 47.5 Å². The van der Waals surface area contributed by atoms with Crippen molar-refractivity contribution in [1.82, 2.24) is 5.43 Å². The number of benzene rings is 3. The van der Waals surface area contributed by atoms with Crippen LogP contribution in [0.25, 0.3) is 0 Å². The van der Waals surface area contributed by atoms with E-state index in [1.807, 2.05) is 18.2 Å². The topological polar surface area (TPSA) is 50.7 Å². The van der Waals surface area contributed by atoms with E-state index in [2.05, 4.69) is 10.5 Å². The summed E-state index contributed by atoms with van der Waals surface area (Å²) in [5, 5.41) is 5.28. The molecule has 0 radical (unpaired) electrons. The van der Waals surface area contributed by atoms with Gasteiger partial charge in [-0.2, -0.15) is 5.10 Å². The van der Waals surface area contributed by atoms with Crippen LogP contribution in [-0.4, -0.2) is 12.1 Å². The van der Waals surface area contributed by atoms with Crippen molar-refractivity contribution in [3.05, 3.63) is 99.5 Å². The number of hydrogen-bond donors (Lipinski definition) is 1. The molecule has 3 rings (SSSR count). The highest BCUT2D eigenvalue weighted by Crippen LogP contribution is 2.20. The minimum atomic E-state index is -0.355. The number of hydrazone groups is 1. The van der Waals surface area contributed by atoms with Crippen molar-refractivity contribution in [2.75, 3.05) is 0 Å². The second kappa shape index (κ2) is 9.21. The lowest BCUT2D eigenvalue weighted by molar-refractivity contribution is 0.0950. The lowest BCUT2D eigenvalue weighted by Crippen LogP contribution is -2.18. The number of para-hydroxylation sites is 1. The molecule has 3 aromatic carbocycles. The van der Waals surface area contributed by atoms with Crippen LogP contribution in [0.3, 0.4) is 0 Å². The van der Waals surface area contributed by atoms with E-state index in [1.54, 1.807) is 60.8 Å². The SMILES string of the molecule is O=C(N/N=C/c1ccc(Cl)cc1)c1ccccc1OCc1ccc(Cl)cc1. The van der Waals surface area contributed by atoms with Crippen LogP contribution >= 0.6 is 23.2 Å². The summed E-state index contributed by atoms with van der Waals surface area (Å²) in [6, 6.07) is 21.5. The van der Waals surface area contributed by atoms with E-state index in [0.29, 0.717) is 28.0 Å². The van der Waals surface area contributed by atoms with Gasteiger partial charge < -0.3 is 4.74 Å². The van der Waals surface area contributed by atoms with Crippen LogP contribution in [0.5, 0.6) is 5.75 Å². The zero-order chi connectivity index (χ0) is 19.1. The van der Waals surface area contributed by atoms with Crippen molar-refractivity contribution in [2.45, 2.75) is 6.61 Å². The molecule has 27 heavy (non-hydrogen) atoms. The van der Waals surface area contributed by atoms with Gasteiger partial charge >= 0.3 is 0 Å². The number of rotatable bonds is 6. The molecule has 0 atom stereocenters. The number of carbonyl (C=O) groups excluding carboxylic acids is 1. The summed E-state index contributed by atoms with van der Waals surface area (Å²) < 4.78 is 5.79. The summed E-state index contributed by atoms with van der Waals surface area (Å²) in [7, 11) is 0. The second-order valence-corrected chi connectivity index (χ2v) is 6.53. The largest absolute Gasteiger partial charge is 0.488 e. The van der Waals surface area contributed by atoms with Gasteiger partial charge in [-0.3, -0.25) is 4.79 Å². The average molecular weight is 399 g/mol. The Kier molecular flexibility index (Phi) is 6.47. The zero-order valence-electron chi connectivity index (χ0n) is 14.2. The van der Waals surface area contributed by atoms with Crippen molar-refractivity contribution >= 4 is 35.3 Å². The monoisotopic (exact) mass is 398 g/mol. The van der Waals surface area contributed by atoms with Crippen LogP contribution in [-0.2, 0) is 6.61 Å². The molecule has 0 spiro atoms. The van der Waals surface area contributed by atoms with E-state index in [4.69, 9.17) is 27.9 Å². The fourth-order valence-electron chi connectivity index (χ4n) is 2.30. The molecule has 0 aliphatic rings. The van der Waals surface area contributed by atoms with Crippen molar-refractivity contribution in [3.8, 4) is 5.75 Å². The van der Waals surface area contributed by atoms with Gasteiger partial charge in [0.15, 0.2) is 0 Å². The Hall–Kier alpha value is -2.82. The third-order valence-electron chi connectivity index (χ3n) is 3.69. The fraction of sp³-hybridized carbons (Fsp3) is 0.0476. The van der Waals surface area contributed by atoms with Gasteiger partial charge in [0, 0.05) is 10.0 Å². The Morgan fingerprint density at radius 3 is 2.26 bits per heavy atom. The van der Waals surface area contributed by atoms with E-state index in [-0.39, 0.29) is 5.91 Å². The maximum absolute atomic E-state index is 12.4. The van der Waals surface area contributed by atoms with Gasteiger partial charge in [-0.25, -0.2) is 5.43 Å². The van der Waals surface area contributed by atoms with E-state index in [9.17, 15) is 4.79 Å². The summed E-state index contributed by atoms with van der Waals surface area (Å²) in [5.41, 5.74) is 4.69. The Morgan fingerprint density at radius 1 is 0.926 bits per heavy atom. The molecule has 3 aromatic rings. The molecule has 0 fully saturated rings. The highest BCUT2D eigenvalue weighted by atomic mass is 35.5. The van der Waals surface area contributed by atoms with Crippen LogP contribution in [0.2, 0.25) is 10.0 Å². The summed E-state index contributed by atoms with van der Waals surface area (Å²) in [6.45, 7) is 0.329. The van der Waals surface area contributed by atoms with Gasteiger partial charge in [0.25, 0.3) is 5.91 Å². The predicted octanol–water partition coefficient (Wildman–Crippen LogP) is 5.34. The Morgan fingerprint density at radius 2 is 1.56 bits per heavy atom. The Bertz CT molecular complexity index is 939. The first-order valence-corrected chi connectivity index (χ1v) is 8.92. The molecule has 0 saturated carbocycles. The highest BCUT2D eigenvalue weighted by Gasteiger charge is 2.11. The van der Waals surface area contributed by atoms with E-state index in [0.717, 1.165) is 11.1 Å². The van der Waals surface area contributed by atoms with Crippen LogP contribution in [0.1, 0.15) is 21.5 Å². The number of halogens is 2. The summed E-state index contributed by atoms with van der Waals surface area (Å²) in [4.78, 5) is 12.4. The minimum absolute atomic E-state index is 0.329. The zero-order valence-corrected chi connectivity index (χ0v) is 15.7. The maximum atomic E-state index is 12.4. The van der Waals surface area contributed by atoms with Crippen LogP contribution < -0.4 is 10.2 Å². The van der Waals surface area contributed by atoms with Gasteiger partial charge in [0.1, 0.15) is 12.4 Å². The van der Waals surface area contributed by atoms with Crippen molar-refractivity contribution < 1.29 is 9.53 Å². The average Bonchev–Trinajstić information content (AvgIpc) is 2.69. The number of hydrogen-bond acceptors (Lipinski definition) is 3. The lowest BCUT2D eigenvalue weighted by atomic mass is 10.2. The first kappa shape index (κ1) is 19.0. The molecule has 0 bridgehead atoms. The van der Waals surface area contributed by atoms with Gasteiger partial charge in [-0.15, -0.1) is 0 Å². The molecule has 0 heterocycles. The van der Waals surface area contributed by atoms with Crippen LogP contribution in [0.15, 0.2) is 77.9 Å². The molecule has 0 unspecified atom stereocenters. The van der Waals surface area contributed by atoms with Crippen LogP contribution in [0.4, 0.5) is 0 Å². The normalized spacial score (nSPS) is 10.7. The van der Waals surface area contributed by atoms with E-state index >= 15 is 0 Å². The number of amides is 1. The van der Waals surface area contributed by atoms with Crippen molar-refractivity contribution in [2.24, 2.45) is 5.10 Å². The second-order valence-electron chi connectivity index (χ2n) is 5.66. The number of nitrogens with one attached hydrogen (secondary N) is 1. The molecule has 0 aromatic heterocycles. The number of ether oxygens (including phenoxy) is 1. The smallest absolute Gasteiger partial charge is 0.275 e. The highest BCUT2D eigenvalue weighted by molar-refractivity contribution is 6.30. The van der Waals surface area contributed by atoms with Gasteiger partial charge in [-0.1, -0.05) is 59.6 Å². The quantitative estimate of drug-likeness (QED) is 0.450. The molecule has 6 heteroatoms. The number of nitrogens with zero attached hydrogens (tertiary/aromatic N) is 1. The molecular weight excluding hydrogens is 383 g/mol. The minimum Gasteiger partial charge on any atom is -0.488 e. The molecule has 1 amide bonds. The molecular formula is C21H16Cl2N2O2. The fourth-order valence-corrected chi connectivity index (χ4v) is 2.55. The standard InChI is InChI=1S/C21H16Cl2N2O2/c22-17-9-5-15(6-10-17)13-24-25-21(26)19-3-1-2-4-20(19)27-14-16-7-11-18(23)12-8-16/h1-13H,14H2,(H,25,26)/b24-13+.